The molecule has 0 unspecified atom stereocenters. The van der Waals surface area contributed by atoms with E-state index in [1.807, 2.05) is 6.92 Å². The van der Waals surface area contributed by atoms with Crippen LogP contribution in [-0.2, 0) is 6.61 Å². The maximum absolute atomic E-state index is 13.2. The number of nitro groups is 1. The second-order valence-electron chi connectivity index (χ2n) is 4.52. The Kier molecular flexibility index (Phi) is 3.98. The van der Waals surface area contributed by atoms with Crippen LogP contribution in [0.15, 0.2) is 36.4 Å². The quantitative estimate of drug-likeness (QED) is 0.627. The minimum Gasteiger partial charge on any atom is -0.489 e. The number of benzene rings is 2. The first kappa shape index (κ1) is 14.0. The lowest BCUT2D eigenvalue weighted by molar-refractivity contribution is -0.385. The second-order valence-corrected chi connectivity index (χ2v) is 4.52. The lowest BCUT2D eigenvalue weighted by atomic mass is 10.1. The molecule has 0 saturated heterocycles. The van der Waals surface area contributed by atoms with Crippen LogP contribution in [0, 0.1) is 29.8 Å². The smallest absolute Gasteiger partial charge is 0.272 e. The molecule has 5 heteroatoms. The molecule has 0 aromatic heterocycles. The van der Waals surface area contributed by atoms with Crippen LogP contribution in [0.1, 0.15) is 16.7 Å². The molecule has 0 bridgehead atoms. The molecule has 0 aliphatic heterocycles. The summed E-state index contributed by atoms with van der Waals surface area (Å²) in [5.41, 5.74) is 2.14. The van der Waals surface area contributed by atoms with Gasteiger partial charge in [-0.05, 0) is 31.0 Å². The number of hydrogen-bond donors (Lipinski definition) is 0. The van der Waals surface area contributed by atoms with Gasteiger partial charge in [-0.2, -0.15) is 0 Å². The van der Waals surface area contributed by atoms with Gasteiger partial charge in [-0.3, -0.25) is 10.1 Å². The van der Waals surface area contributed by atoms with Crippen LogP contribution in [0.5, 0.6) is 5.75 Å². The van der Waals surface area contributed by atoms with Crippen molar-refractivity contribution < 1.29 is 14.1 Å². The normalized spacial score (nSPS) is 10.3. The van der Waals surface area contributed by atoms with E-state index >= 15 is 0 Å². The van der Waals surface area contributed by atoms with Crippen molar-refractivity contribution in [3.8, 4) is 5.75 Å². The molecule has 0 radical (unpaired) electrons. The Hall–Kier alpha value is -2.43. The van der Waals surface area contributed by atoms with Crippen molar-refractivity contribution in [3.05, 3.63) is 69.0 Å². The number of nitrogens with zero attached hydrogens (tertiary/aromatic N) is 1. The zero-order chi connectivity index (χ0) is 14.7. The molecule has 0 N–H and O–H groups in total. The van der Waals surface area contributed by atoms with Gasteiger partial charge in [-0.25, -0.2) is 4.39 Å². The van der Waals surface area contributed by atoms with Gasteiger partial charge < -0.3 is 4.74 Å². The number of aryl methyl sites for hydroxylation is 1. The van der Waals surface area contributed by atoms with Crippen molar-refractivity contribution in [2.24, 2.45) is 0 Å². The van der Waals surface area contributed by atoms with Crippen LogP contribution < -0.4 is 4.74 Å². The van der Waals surface area contributed by atoms with Crippen molar-refractivity contribution in [1.29, 1.82) is 0 Å². The van der Waals surface area contributed by atoms with Crippen LogP contribution in [-0.4, -0.2) is 4.92 Å². The van der Waals surface area contributed by atoms with Crippen molar-refractivity contribution >= 4 is 5.69 Å². The molecule has 2 aromatic rings. The topological polar surface area (TPSA) is 52.4 Å². The number of nitro benzene ring substituents is 1. The lowest BCUT2D eigenvalue weighted by Gasteiger charge is -2.11. The monoisotopic (exact) mass is 275 g/mol. The van der Waals surface area contributed by atoms with E-state index in [0.29, 0.717) is 16.9 Å². The molecule has 0 heterocycles. The first-order valence-corrected chi connectivity index (χ1v) is 6.11. The fraction of sp³-hybridized carbons (Fsp3) is 0.200. The Morgan fingerprint density at radius 3 is 2.70 bits per heavy atom. The van der Waals surface area contributed by atoms with E-state index in [1.165, 1.54) is 18.2 Å². The summed E-state index contributed by atoms with van der Waals surface area (Å²) in [7, 11) is 0. The number of hydrogen-bond acceptors (Lipinski definition) is 3. The van der Waals surface area contributed by atoms with Gasteiger partial charge in [0.15, 0.2) is 0 Å². The minimum absolute atomic E-state index is 0.0575. The summed E-state index contributed by atoms with van der Waals surface area (Å²) in [4.78, 5) is 10.4. The zero-order valence-corrected chi connectivity index (χ0v) is 11.2. The van der Waals surface area contributed by atoms with Gasteiger partial charge in [0, 0.05) is 17.7 Å². The SMILES string of the molecule is Cc1ccc(F)cc1OCc1cccc([N+](=O)[O-])c1C. The highest BCUT2D eigenvalue weighted by Crippen LogP contribution is 2.24. The Morgan fingerprint density at radius 2 is 2.00 bits per heavy atom. The molecule has 0 atom stereocenters. The molecule has 20 heavy (non-hydrogen) atoms. The van der Waals surface area contributed by atoms with Crippen LogP contribution >= 0.6 is 0 Å². The maximum atomic E-state index is 13.2. The Morgan fingerprint density at radius 1 is 1.25 bits per heavy atom. The van der Waals surface area contributed by atoms with E-state index in [4.69, 9.17) is 4.74 Å². The van der Waals surface area contributed by atoms with Crippen molar-refractivity contribution in [2.75, 3.05) is 0 Å². The summed E-state index contributed by atoms with van der Waals surface area (Å²) in [6.07, 6.45) is 0. The van der Waals surface area contributed by atoms with Crippen LogP contribution in [0.3, 0.4) is 0 Å². The highest BCUT2D eigenvalue weighted by Gasteiger charge is 2.13. The predicted octanol–water partition coefficient (Wildman–Crippen LogP) is 3.93. The largest absolute Gasteiger partial charge is 0.489 e. The van der Waals surface area contributed by atoms with Gasteiger partial charge >= 0.3 is 0 Å². The number of rotatable bonds is 4. The van der Waals surface area contributed by atoms with Gasteiger partial charge in [-0.1, -0.05) is 18.2 Å². The minimum atomic E-state index is -0.424. The van der Waals surface area contributed by atoms with E-state index in [9.17, 15) is 14.5 Å². The van der Waals surface area contributed by atoms with Crippen LogP contribution in [0.25, 0.3) is 0 Å². The third kappa shape index (κ3) is 2.93. The van der Waals surface area contributed by atoms with Crippen LogP contribution in [0.4, 0.5) is 10.1 Å². The molecule has 2 rings (SSSR count). The van der Waals surface area contributed by atoms with Crippen molar-refractivity contribution in [1.82, 2.24) is 0 Å². The average molecular weight is 275 g/mol. The van der Waals surface area contributed by atoms with Crippen LogP contribution in [0.2, 0.25) is 0 Å². The van der Waals surface area contributed by atoms with Gasteiger partial charge in [0.1, 0.15) is 18.2 Å². The molecule has 0 saturated carbocycles. The Bertz CT molecular complexity index is 656. The third-order valence-electron chi connectivity index (χ3n) is 3.15. The number of ether oxygens (including phenoxy) is 1. The Labute approximate surface area is 116 Å². The molecule has 0 spiro atoms. The standard InChI is InChI=1S/C15H14FNO3/c1-10-6-7-13(16)8-15(10)20-9-12-4-3-5-14(11(12)2)17(18)19/h3-8H,9H2,1-2H3. The molecular weight excluding hydrogens is 261 g/mol. The second kappa shape index (κ2) is 5.69. The first-order chi connectivity index (χ1) is 9.49. The predicted molar refractivity (Wildman–Crippen MR) is 73.3 cm³/mol. The van der Waals surface area contributed by atoms with Crippen molar-refractivity contribution in [3.63, 3.8) is 0 Å². The summed E-state index contributed by atoms with van der Waals surface area (Å²) in [6.45, 7) is 3.65. The summed E-state index contributed by atoms with van der Waals surface area (Å²) < 4.78 is 18.7. The number of halogens is 1. The van der Waals surface area contributed by atoms with Gasteiger partial charge in [0.25, 0.3) is 5.69 Å². The van der Waals surface area contributed by atoms with Gasteiger partial charge in [-0.15, -0.1) is 0 Å². The molecule has 2 aromatic carbocycles. The molecule has 0 aliphatic carbocycles. The molecular formula is C15H14FNO3. The maximum Gasteiger partial charge on any atom is 0.272 e. The van der Waals surface area contributed by atoms with E-state index in [-0.39, 0.29) is 18.1 Å². The highest BCUT2D eigenvalue weighted by molar-refractivity contribution is 5.44. The molecule has 0 aliphatic rings. The molecule has 4 nitrogen and oxygen atoms in total. The first-order valence-electron chi connectivity index (χ1n) is 6.11. The van der Waals surface area contributed by atoms with Gasteiger partial charge in [0.2, 0.25) is 0 Å². The van der Waals surface area contributed by atoms with E-state index in [1.54, 1.807) is 25.1 Å². The molecule has 104 valence electrons. The summed E-state index contributed by atoms with van der Waals surface area (Å²) >= 11 is 0. The third-order valence-corrected chi connectivity index (χ3v) is 3.15. The highest BCUT2D eigenvalue weighted by atomic mass is 19.1. The summed E-state index contributed by atoms with van der Waals surface area (Å²) in [6, 6.07) is 9.12. The van der Waals surface area contributed by atoms with E-state index < -0.39 is 4.92 Å². The Balaban J connectivity index is 2.21. The molecule has 0 fully saturated rings. The summed E-state index contributed by atoms with van der Waals surface area (Å²) in [5.74, 6) is 0.0669. The molecule has 0 amide bonds. The lowest BCUT2D eigenvalue weighted by Crippen LogP contribution is -2.02. The zero-order valence-electron chi connectivity index (χ0n) is 11.2. The average Bonchev–Trinajstić information content (AvgIpc) is 2.41. The summed E-state index contributed by atoms with van der Waals surface area (Å²) in [5, 5.41) is 10.9. The fourth-order valence-electron chi connectivity index (χ4n) is 1.91. The van der Waals surface area contributed by atoms with E-state index in [0.717, 1.165) is 5.56 Å². The van der Waals surface area contributed by atoms with E-state index in [2.05, 4.69) is 0 Å². The van der Waals surface area contributed by atoms with Gasteiger partial charge in [0.05, 0.1) is 4.92 Å². The fourth-order valence-corrected chi connectivity index (χ4v) is 1.91. The van der Waals surface area contributed by atoms with Crippen molar-refractivity contribution in [2.45, 2.75) is 20.5 Å².